The number of benzene rings is 1. The van der Waals surface area contributed by atoms with Crippen LogP contribution in [0.2, 0.25) is 0 Å². The third-order valence-electron chi connectivity index (χ3n) is 2.85. The van der Waals surface area contributed by atoms with E-state index in [9.17, 15) is 4.79 Å². The maximum absolute atomic E-state index is 10.9. The lowest BCUT2D eigenvalue weighted by atomic mass is 10.1. The monoisotopic (exact) mass is 233 g/mol. The van der Waals surface area contributed by atoms with Crippen LogP contribution in [0.25, 0.3) is 10.9 Å². The number of nitrogens with zero attached hydrogens (tertiary/aromatic N) is 1. The molecule has 1 aromatic carbocycles. The van der Waals surface area contributed by atoms with Gasteiger partial charge in [0.1, 0.15) is 0 Å². The van der Waals surface area contributed by atoms with Crippen molar-refractivity contribution in [3.05, 3.63) is 35.5 Å². The summed E-state index contributed by atoms with van der Waals surface area (Å²) >= 11 is 0. The van der Waals surface area contributed by atoms with Crippen LogP contribution in [0.1, 0.15) is 23.0 Å². The Hall–Kier alpha value is -1.81. The predicted molar refractivity (Wildman–Crippen MR) is 65.3 cm³/mol. The molecule has 1 N–H and O–H groups in total. The molecule has 0 aliphatic rings. The number of aromatic nitrogens is 1. The average Bonchev–Trinajstić information content (AvgIpc) is 2.65. The van der Waals surface area contributed by atoms with Crippen molar-refractivity contribution in [2.45, 2.75) is 20.1 Å². The number of hydrogen-bond acceptors (Lipinski definition) is 2. The Balaban J connectivity index is 2.62. The molecule has 2 aromatic rings. The van der Waals surface area contributed by atoms with E-state index < -0.39 is 5.97 Å². The lowest BCUT2D eigenvalue weighted by Crippen LogP contribution is -2.02. The van der Waals surface area contributed by atoms with Gasteiger partial charge in [-0.05, 0) is 30.5 Å². The largest absolute Gasteiger partial charge is 0.478 e. The molecule has 2 rings (SSSR count). The van der Waals surface area contributed by atoms with Gasteiger partial charge >= 0.3 is 5.97 Å². The molecule has 0 radical (unpaired) electrons. The van der Waals surface area contributed by atoms with E-state index in [1.165, 1.54) is 0 Å². The summed E-state index contributed by atoms with van der Waals surface area (Å²) in [5.41, 5.74) is 2.32. The van der Waals surface area contributed by atoms with Crippen molar-refractivity contribution in [3.63, 3.8) is 0 Å². The minimum atomic E-state index is -0.899. The fraction of sp³-hybridized carbons (Fsp3) is 0.308. The highest BCUT2D eigenvalue weighted by atomic mass is 16.5. The van der Waals surface area contributed by atoms with Crippen LogP contribution in [0.15, 0.2) is 24.3 Å². The number of aromatic carboxylic acids is 1. The number of carboxylic acids is 1. The van der Waals surface area contributed by atoms with Crippen LogP contribution in [0.3, 0.4) is 0 Å². The maximum atomic E-state index is 10.9. The summed E-state index contributed by atoms with van der Waals surface area (Å²) in [6.45, 7) is 3.36. The normalized spacial score (nSPS) is 10.9. The number of carbonyl (C=O) groups is 1. The lowest BCUT2D eigenvalue weighted by Gasteiger charge is -2.07. The molecule has 0 fully saturated rings. The Morgan fingerprint density at radius 1 is 1.41 bits per heavy atom. The number of carboxylic acid groups (broad SMARTS) is 1. The second-order valence-electron chi connectivity index (χ2n) is 3.89. The van der Waals surface area contributed by atoms with Gasteiger partial charge in [-0.1, -0.05) is 6.07 Å². The highest BCUT2D eigenvalue weighted by molar-refractivity contribution is 5.93. The van der Waals surface area contributed by atoms with Crippen molar-refractivity contribution < 1.29 is 14.6 Å². The molecule has 0 unspecified atom stereocenters. The fourth-order valence-electron chi connectivity index (χ4n) is 2.09. The van der Waals surface area contributed by atoms with E-state index in [-0.39, 0.29) is 0 Å². The van der Waals surface area contributed by atoms with Crippen molar-refractivity contribution in [1.29, 1.82) is 0 Å². The Kier molecular flexibility index (Phi) is 3.15. The van der Waals surface area contributed by atoms with Gasteiger partial charge in [-0.2, -0.15) is 0 Å². The molecule has 0 aliphatic heterocycles. The van der Waals surface area contributed by atoms with Crippen molar-refractivity contribution in [2.24, 2.45) is 0 Å². The van der Waals surface area contributed by atoms with E-state index >= 15 is 0 Å². The van der Waals surface area contributed by atoms with E-state index in [2.05, 4.69) is 4.57 Å². The Labute approximate surface area is 99.4 Å². The number of fused-ring (bicyclic) bond motifs is 1. The molecule has 0 bridgehead atoms. The molecular weight excluding hydrogens is 218 g/mol. The summed E-state index contributed by atoms with van der Waals surface area (Å²) < 4.78 is 7.22. The minimum Gasteiger partial charge on any atom is -0.478 e. The van der Waals surface area contributed by atoms with Gasteiger partial charge in [0.05, 0.1) is 12.2 Å². The van der Waals surface area contributed by atoms with Crippen molar-refractivity contribution in [3.8, 4) is 0 Å². The van der Waals surface area contributed by atoms with Crippen molar-refractivity contribution in [2.75, 3.05) is 7.11 Å². The van der Waals surface area contributed by atoms with E-state index in [0.717, 1.165) is 23.1 Å². The quantitative estimate of drug-likeness (QED) is 0.882. The smallest absolute Gasteiger partial charge is 0.335 e. The molecule has 4 heteroatoms. The zero-order valence-corrected chi connectivity index (χ0v) is 9.93. The molecule has 0 spiro atoms. The molecule has 1 aromatic heterocycles. The standard InChI is InChI=1S/C13H15NO3/c1-3-14-11(8-17-2)6-9-4-5-10(13(15)16)7-12(9)14/h4-7H,3,8H2,1-2H3,(H,15,16). The summed E-state index contributed by atoms with van der Waals surface area (Å²) in [5.74, 6) is -0.899. The van der Waals surface area contributed by atoms with Gasteiger partial charge in [0.2, 0.25) is 0 Å². The highest BCUT2D eigenvalue weighted by Crippen LogP contribution is 2.22. The molecule has 90 valence electrons. The first kappa shape index (κ1) is 11.7. The van der Waals surface area contributed by atoms with Crippen LogP contribution in [-0.2, 0) is 17.9 Å². The number of ether oxygens (including phenoxy) is 1. The molecule has 17 heavy (non-hydrogen) atoms. The molecule has 0 amide bonds. The Morgan fingerprint density at radius 3 is 2.76 bits per heavy atom. The predicted octanol–water partition coefficient (Wildman–Crippen LogP) is 2.51. The van der Waals surface area contributed by atoms with Crippen LogP contribution in [-0.4, -0.2) is 22.8 Å². The second-order valence-corrected chi connectivity index (χ2v) is 3.89. The molecular formula is C13H15NO3. The third kappa shape index (κ3) is 2.03. The molecule has 0 aliphatic carbocycles. The third-order valence-corrected chi connectivity index (χ3v) is 2.85. The molecule has 0 atom stereocenters. The van der Waals surface area contributed by atoms with Crippen LogP contribution in [0.5, 0.6) is 0 Å². The Morgan fingerprint density at radius 2 is 2.18 bits per heavy atom. The topological polar surface area (TPSA) is 51.5 Å². The van der Waals surface area contributed by atoms with Gasteiger partial charge in [0.25, 0.3) is 0 Å². The average molecular weight is 233 g/mol. The van der Waals surface area contributed by atoms with Gasteiger partial charge < -0.3 is 14.4 Å². The first-order valence-corrected chi connectivity index (χ1v) is 5.51. The van der Waals surface area contributed by atoms with E-state index in [1.54, 1.807) is 19.2 Å². The highest BCUT2D eigenvalue weighted by Gasteiger charge is 2.10. The SMILES string of the molecule is CCn1c(COC)cc2ccc(C(=O)O)cc21. The zero-order chi connectivity index (χ0) is 12.4. The first-order chi connectivity index (χ1) is 8.17. The molecule has 0 saturated heterocycles. The Bertz CT molecular complexity index is 557. The van der Waals surface area contributed by atoms with Crippen molar-refractivity contribution in [1.82, 2.24) is 4.57 Å². The second kappa shape index (κ2) is 4.59. The number of methoxy groups -OCH3 is 1. The summed E-state index contributed by atoms with van der Waals surface area (Å²) in [4.78, 5) is 10.9. The van der Waals surface area contributed by atoms with Gasteiger partial charge in [-0.25, -0.2) is 4.79 Å². The number of aryl methyl sites for hydroxylation is 1. The molecule has 0 saturated carbocycles. The van der Waals surface area contributed by atoms with Gasteiger partial charge in [0, 0.05) is 24.9 Å². The first-order valence-electron chi connectivity index (χ1n) is 5.51. The summed E-state index contributed by atoms with van der Waals surface area (Å²) in [5, 5.41) is 10.0. The molecule has 1 heterocycles. The van der Waals surface area contributed by atoms with Crippen LogP contribution in [0, 0.1) is 0 Å². The van der Waals surface area contributed by atoms with Gasteiger partial charge in [-0.15, -0.1) is 0 Å². The van der Waals surface area contributed by atoms with Crippen LogP contribution in [0.4, 0.5) is 0 Å². The van der Waals surface area contributed by atoms with Crippen LogP contribution < -0.4 is 0 Å². The number of hydrogen-bond donors (Lipinski definition) is 1. The fourth-order valence-corrected chi connectivity index (χ4v) is 2.09. The summed E-state index contributed by atoms with van der Waals surface area (Å²) in [7, 11) is 1.65. The van der Waals surface area contributed by atoms with E-state index in [4.69, 9.17) is 9.84 Å². The molecule has 4 nitrogen and oxygen atoms in total. The van der Waals surface area contributed by atoms with E-state index in [0.29, 0.717) is 12.2 Å². The maximum Gasteiger partial charge on any atom is 0.335 e. The summed E-state index contributed by atoms with van der Waals surface area (Å²) in [6, 6.07) is 7.21. The number of rotatable bonds is 4. The van der Waals surface area contributed by atoms with Gasteiger partial charge in [-0.3, -0.25) is 0 Å². The van der Waals surface area contributed by atoms with Crippen molar-refractivity contribution >= 4 is 16.9 Å². The van der Waals surface area contributed by atoms with E-state index in [1.807, 2.05) is 19.1 Å². The van der Waals surface area contributed by atoms with Gasteiger partial charge in [0.15, 0.2) is 0 Å². The minimum absolute atomic E-state index is 0.314. The lowest BCUT2D eigenvalue weighted by molar-refractivity contribution is 0.0697. The summed E-state index contributed by atoms with van der Waals surface area (Å²) in [6.07, 6.45) is 0. The zero-order valence-electron chi connectivity index (χ0n) is 9.93. The van der Waals surface area contributed by atoms with Crippen LogP contribution >= 0.6 is 0 Å².